The number of aliphatic hydroxyl groups excluding tert-OH is 1. The minimum absolute atomic E-state index is 0.00580. The Morgan fingerprint density at radius 3 is 2.64 bits per heavy atom. The van der Waals surface area contributed by atoms with Gasteiger partial charge in [-0.05, 0) is 61.6 Å². The number of fused-ring (bicyclic) bond motifs is 1. The first kappa shape index (κ1) is 24.0. The van der Waals surface area contributed by atoms with Crippen LogP contribution in [0, 0.1) is 6.92 Å². The van der Waals surface area contributed by atoms with E-state index in [-0.39, 0.29) is 30.5 Å². The third-order valence-electron chi connectivity index (χ3n) is 7.01. The Bertz CT molecular complexity index is 1350. The molecular formula is C29H32N4O3. The van der Waals surface area contributed by atoms with E-state index in [2.05, 4.69) is 35.5 Å². The number of amides is 2. The van der Waals surface area contributed by atoms with Gasteiger partial charge in [0.05, 0.1) is 11.1 Å². The largest absolute Gasteiger partial charge is 0.396 e. The normalized spacial score (nSPS) is 20.5. The lowest BCUT2D eigenvalue weighted by Gasteiger charge is -2.36. The molecule has 2 aromatic carbocycles. The number of nitrogens with one attached hydrogen (secondary N) is 3. The average Bonchev–Trinajstić information content (AvgIpc) is 3.37. The molecule has 0 radical (unpaired) electrons. The quantitative estimate of drug-likeness (QED) is 0.414. The summed E-state index contributed by atoms with van der Waals surface area (Å²) in [7, 11) is 0. The summed E-state index contributed by atoms with van der Waals surface area (Å²) < 4.78 is 0. The lowest BCUT2D eigenvalue weighted by atomic mass is 9.93. The van der Waals surface area contributed by atoms with Gasteiger partial charge in [-0.2, -0.15) is 0 Å². The molecule has 7 nitrogen and oxygen atoms in total. The van der Waals surface area contributed by atoms with E-state index in [1.807, 2.05) is 54.3 Å². The van der Waals surface area contributed by atoms with Crippen molar-refractivity contribution in [2.45, 2.75) is 39.3 Å². The summed E-state index contributed by atoms with van der Waals surface area (Å²) in [6.45, 7) is 7.51. The summed E-state index contributed by atoms with van der Waals surface area (Å²) in [6, 6.07) is 14.4. The van der Waals surface area contributed by atoms with E-state index in [1.165, 1.54) is 0 Å². The molecule has 3 aromatic rings. The summed E-state index contributed by atoms with van der Waals surface area (Å²) >= 11 is 0. The molecule has 0 bridgehead atoms. The van der Waals surface area contributed by atoms with Gasteiger partial charge in [0.25, 0.3) is 11.8 Å². The van der Waals surface area contributed by atoms with Gasteiger partial charge in [0.2, 0.25) is 0 Å². The minimum atomic E-state index is -0.171. The standard InChI is InChI=1S/C29H32N4O3/c1-17-15-33(16-18(2)31-17)29(36)24-14-30-26(19(24)3)13-23-27-22(8-5-9-25(27)32-28(23)35)21-7-4-6-20(12-21)10-11-34/h4-9,12-14,17-18,30-31,34H,10-11,15-16H2,1-3H3,(H,32,35)/t17-,18+. The molecular weight excluding hydrogens is 452 g/mol. The van der Waals surface area contributed by atoms with Gasteiger partial charge < -0.3 is 25.6 Å². The highest BCUT2D eigenvalue weighted by atomic mass is 16.3. The van der Waals surface area contributed by atoms with E-state index < -0.39 is 0 Å². The van der Waals surface area contributed by atoms with Crippen LogP contribution in [0.5, 0.6) is 0 Å². The van der Waals surface area contributed by atoms with Gasteiger partial charge in [-0.3, -0.25) is 9.59 Å². The average molecular weight is 485 g/mol. The molecule has 0 saturated carbocycles. The van der Waals surface area contributed by atoms with Crippen LogP contribution in [0.15, 0.2) is 48.7 Å². The van der Waals surface area contributed by atoms with Gasteiger partial charge in [-0.15, -0.1) is 0 Å². The topological polar surface area (TPSA) is 97.5 Å². The second-order valence-corrected chi connectivity index (χ2v) is 9.83. The molecule has 5 rings (SSSR count). The van der Waals surface area contributed by atoms with Crippen LogP contribution in [0.1, 0.15) is 46.6 Å². The van der Waals surface area contributed by atoms with Crippen LogP contribution in [0.25, 0.3) is 22.8 Å². The Labute approximate surface area is 211 Å². The smallest absolute Gasteiger partial charge is 0.256 e. The maximum Gasteiger partial charge on any atom is 0.256 e. The molecule has 0 aliphatic carbocycles. The van der Waals surface area contributed by atoms with Gasteiger partial charge in [0.1, 0.15) is 0 Å². The monoisotopic (exact) mass is 484 g/mol. The molecule has 0 spiro atoms. The van der Waals surface area contributed by atoms with Crippen LogP contribution in [-0.4, -0.2) is 58.6 Å². The number of anilines is 1. The number of rotatable bonds is 5. The van der Waals surface area contributed by atoms with Crippen molar-refractivity contribution in [2.24, 2.45) is 0 Å². The number of aliphatic hydroxyl groups is 1. The third-order valence-corrected chi connectivity index (χ3v) is 7.01. The molecule has 2 aliphatic rings. The highest BCUT2D eigenvalue weighted by molar-refractivity contribution is 6.36. The van der Waals surface area contributed by atoms with Gasteiger partial charge in [-0.1, -0.05) is 36.4 Å². The summed E-state index contributed by atoms with van der Waals surface area (Å²) in [4.78, 5) is 31.5. The summed E-state index contributed by atoms with van der Waals surface area (Å²) in [6.07, 6.45) is 4.17. The SMILES string of the molecule is Cc1c(C(=O)N2C[C@@H](C)N[C@@H](C)C2)c[nH]c1C=C1C(=O)Nc2cccc(-c3cccc(CCO)c3)c21. The summed E-state index contributed by atoms with van der Waals surface area (Å²) in [5, 5.41) is 15.8. The van der Waals surface area contributed by atoms with Crippen molar-refractivity contribution in [3.8, 4) is 11.1 Å². The number of nitrogens with zero attached hydrogens (tertiary/aromatic N) is 1. The first-order valence-electron chi connectivity index (χ1n) is 12.5. The summed E-state index contributed by atoms with van der Waals surface area (Å²) in [5.74, 6) is -0.165. The number of carbonyl (C=O) groups excluding carboxylic acids is 2. The number of benzene rings is 2. The van der Waals surface area contributed by atoms with Crippen molar-refractivity contribution in [3.05, 3.63) is 76.6 Å². The van der Waals surface area contributed by atoms with Crippen LogP contribution >= 0.6 is 0 Å². The molecule has 7 heteroatoms. The van der Waals surface area contributed by atoms with Crippen LogP contribution < -0.4 is 10.6 Å². The summed E-state index contributed by atoms with van der Waals surface area (Å²) in [5.41, 5.74) is 7.34. The van der Waals surface area contributed by atoms with E-state index in [4.69, 9.17) is 0 Å². The van der Waals surface area contributed by atoms with Crippen molar-refractivity contribution in [2.75, 3.05) is 25.0 Å². The zero-order chi connectivity index (χ0) is 25.4. The highest BCUT2D eigenvalue weighted by Crippen LogP contribution is 2.41. The molecule has 3 heterocycles. The maximum absolute atomic E-state index is 13.3. The number of carbonyl (C=O) groups is 2. The Kier molecular flexibility index (Phi) is 6.51. The second-order valence-electron chi connectivity index (χ2n) is 9.83. The molecule has 1 saturated heterocycles. The predicted octanol–water partition coefficient (Wildman–Crippen LogP) is 3.84. The maximum atomic E-state index is 13.3. The molecule has 1 aromatic heterocycles. The number of hydrogen-bond acceptors (Lipinski definition) is 4. The van der Waals surface area contributed by atoms with Crippen molar-refractivity contribution < 1.29 is 14.7 Å². The van der Waals surface area contributed by atoms with Crippen LogP contribution in [-0.2, 0) is 11.2 Å². The number of aromatic nitrogens is 1. The van der Waals surface area contributed by atoms with Crippen molar-refractivity contribution >= 4 is 29.2 Å². The molecule has 4 N–H and O–H groups in total. The Hall–Kier alpha value is -3.68. The lowest BCUT2D eigenvalue weighted by Crippen LogP contribution is -2.55. The molecule has 1 fully saturated rings. The Morgan fingerprint density at radius 1 is 1.14 bits per heavy atom. The first-order chi connectivity index (χ1) is 17.4. The Balaban J connectivity index is 1.51. The van der Waals surface area contributed by atoms with E-state index in [0.717, 1.165) is 39.2 Å². The Morgan fingerprint density at radius 2 is 1.89 bits per heavy atom. The van der Waals surface area contributed by atoms with Crippen LogP contribution in [0.2, 0.25) is 0 Å². The second kappa shape index (κ2) is 9.76. The molecule has 2 aliphatic heterocycles. The zero-order valence-corrected chi connectivity index (χ0v) is 20.9. The fourth-order valence-electron chi connectivity index (χ4n) is 5.34. The molecule has 2 atom stereocenters. The van der Waals surface area contributed by atoms with Crippen molar-refractivity contribution in [1.82, 2.24) is 15.2 Å². The van der Waals surface area contributed by atoms with E-state index in [0.29, 0.717) is 30.6 Å². The van der Waals surface area contributed by atoms with Crippen LogP contribution in [0.3, 0.4) is 0 Å². The first-order valence-corrected chi connectivity index (χ1v) is 12.5. The van der Waals surface area contributed by atoms with Crippen molar-refractivity contribution in [3.63, 3.8) is 0 Å². The van der Waals surface area contributed by atoms with Gasteiger partial charge in [0, 0.05) is 54.9 Å². The van der Waals surface area contributed by atoms with Crippen LogP contribution in [0.4, 0.5) is 5.69 Å². The van der Waals surface area contributed by atoms with E-state index in [9.17, 15) is 14.7 Å². The predicted molar refractivity (Wildman–Crippen MR) is 143 cm³/mol. The third kappa shape index (κ3) is 4.47. The molecule has 2 amide bonds. The van der Waals surface area contributed by atoms with Gasteiger partial charge in [0.15, 0.2) is 0 Å². The van der Waals surface area contributed by atoms with Crippen molar-refractivity contribution in [1.29, 1.82) is 0 Å². The minimum Gasteiger partial charge on any atom is -0.396 e. The number of aromatic amines is 1. The number of H-pyrrole nitrogens is 1. The number of piperazine rings is 1. The fraction of sp³-hybridized carbons (Fsp3) is 0.310. The number of hydrogen-bond donors (Lipinski definition) is 4. The van der Waals surface area contributed by atoms with E-state index >= 15 is 0 Å². The molecule has 186 valence electrons. The molecule has 36 heavy (non-hydrogen) atoms. The molecule has 0 unspecified atom stereocenters. The van der Waals surface area contributed by atoms with E-state index in [1.54, 1.807) is 6.20 Å². The lowest BCUT2D eigenvalue weighted by molar-refractivity contribution is -0.110. The fourth-order valence-corrected chi connectivity index (χ4v) is 5.34. The zero-order valence-electron chi connectivity index (χ0n) is 20.9. The highest BCUT2D eigenvalue weighted by Gasteiger charge is 2.30. The van der Waals surface area contributed by atoms with Gasteiger partial charge >= 0.3 is 0 Å². The van der Waals surface area contributed by atoms with Gasteiger partial charge in [-0.25, -0.2) is 0 Å².